The van der Waals surface area contributed by atoms with Crippen LogP contribution in [0, 0.1) is 0 Å². The smallest absolute Gasteiger partial charge is 0.323 e. The molecule has 0 bridgehead atoms. The fraction of sp³-hybridized carbons (Fsp3) is 0.350. The largest absolute Gasteiger partial charge is 0.480 e. The number of nitrogens with two attached hydrogens (primary N) is 1. The number of fused-ring (bicyclic) bond motifs is 1. The standard InChI is InChI=1S/C20H25ClN7O4PS/c1-12(8-28-10-25-15-16(22)23-9-24-17(15)28)32-11-33(31,27-20(2,3)19(29)30)26-18(34)13-4-6-14(21)7-5-13/h4-7,9-10,12H,8,11H2,1-3H3,(H,29,30)(H2,22,23,24)(H2,26,27,31,34)/t12-,33?/m1/s1. The van der Waals surface area contributed by atoms with Gasteiger partial charge in [0.1, 0.15) is 28.7 Å². The monoisotopic (exact) mass is 525 g/mol. The van der Waals surface area contributed by atoms with Gasteiger partial charge in [0, 0.05) is 10.6 Å². The number of imidazole rings is 1. The van der Waals surface area contributed by atoms with Crippen LogP contribution < -0.4 is 15.9 Å². The number of rotatable bonds is 10. The average Bonchev–Trinajstić information content (AvgIpc) is 3.16. The maximum absolute atomic E-state index is 13.8. The summed E-state index contributed by atoms with van der Waals surface area (Å²) in [5, 5.41) is 15.5. The van der Waals surface area contributed by atoms with E-state index in [4.69, 9.17) is 34.3 Å². The van der Waals surface area contributed by atoms with Gasteiger partial charge in [-0.3, -0.25) is 9.36 Å². The van der Waals surface area contributed by atoms with Crippen molar-refractivity contribution in [2.24, 2.45) is 0 Å². The molecular weight excluding hydrogens is 501 g/mol. The third kappa shape index (κ3) is 6.28. The zero-order valence-corrected chi connectivity index (χ0v) is 21.2. The summed E-state index contributed by atoms with van der Waals surface area (Å²) >= 11 is 11.3. The highest BCUT2D eigenvalue weighted by molar-refractivity contribution is 7.81. The Morgan fingerprint density at radius 3 is 2.65 bits per heavy atom. The molecule has 0 saturated heterocycles. The molecule has 182 valence electrons. The predicted octanol–water partition coefficient (Wildman–Crippen LogP) is 3.04. The number of carboxylic acids is 1. The Morgan fingerprint density at radius 2 is 2.00 bits per heavy atom. The SMILES string of the molecule is C[C@H](Cn1cnc2c(N)ncnc21)OCP(=O)(NC(=S)c1ccc(Cl)cc1)NC(C)(C)C(=O)O. The lowest BCUT2D eigenvalue weighted by Crippen LogP contribution is -2.48. The van der Waals surface area contributed by atoms with Crippen LogP contribution in [0.4, 0.5) is 5.82 Å². The van der Waals surface area contributed by atoms with Gasteiger partial charge in [0.25, 0.3) is 7.44 Å². The van der Waals surface area contributed by atoms with Gasteiger partial charge in [-0.2, -0.15) is 0 Å². The number of aliphatic carboxylic acids is 1. The Morgan fingerprint density at radius 1 is 1.32 bits per heavy atom. The van der Waals surface area contributed by atoms with E-state index >= 15 is 0 Å². The highest BCUT2D eigenvalue weighted by Gasteiger charge is 2.37. The number of hydrogen-bond donors (Lipinski definition) is 4. The number of anilines is 1. The van der Waals surface area contributed by atoms with Gasteiger partial charge >= 0.3 is 5.97 Å². The number of thiocarbonyl (C=S) groups is 1. The maximum Gasteiger partial charge on any atom is 0.323 e. The van der Waals surface area contributed by atoms with Gasteiger partial charge in [0.2, 0.25) is 0 Å². The minimum atomic E-state index is -3.68. The Labute approximate surface area is 206 Å². The van der Waals surface area contributed by atoms with Crippen molar-refractivity contribution in [2.45, 2.75) is 39.0 Å². The molecule has 0 aliphatic carbocycles. The molecule has 1 unspecified atom stereocenters. The van der Waals surface area contributed by atoms with Crippen molar-refractivity contribution >= 4 is 59.2 Å². The van der Waals surface area contributed by atoms with Crippen LogP contribution in [0.15, 0.2) is 36.9 Å². The number of nitrogen functional groups attached to an aromatic ring is 1. The number of nitrogens with zero attached hydrogens (tertiary/aromatic N) is 4. The maximum atomic E-state index is 13.8. The quantitative estimate of drug-likeness (QED) is 0.228. The number of benzene rings is 1. The second kappa shape index (κ2) is 10.3. The van der Waals surface area contributed by atoms with Crippen LogP contribution in [0.3, 0.4) is 0 Å². The molecule has 34 heavy (non-hydrogen) atoms. The molecule has 11 nitrogen and oxygen atoms in total. The second-order valence-corrected chi connectivity index (χ2v) is 11.2. The predicted molar refractivity (Wildman–Crippen MR) is 134 cm³/mol. The molecule has 3 aromatic rings. The number of ether oxygens (including phenoxy) is 1. The van der Waals surface area contributed by atoms with E-state index in [-0.39, 0.29) is 17.2 Å². The number of aromatic nitrogens is 4. The molecule has 0 saturated carbocycles. The lowest BCUT2D eigenvalue weighted by Gasteiger charge is -2.30. The second-order valence-electron chi connectivity index (χ2n) is 8.16. The summed E-state index contributed by atoms with van der Waals surface area (Å²) < 4.78 is 21.4. The van der Waals surface area contributed by atoms with Gasteiger partial charge in [0.15, 0.2) is 11.5 Å². The zero-order valence-electron chi connectivity index (χ0n) is 18.7. The molecule has 1 aromatic carbocycles. The van der Waals surface area contributed by atoms with Crippen LogP contribution in [0.5, 0.6) is 0 Å². The summed E-state index contributed by atoms with van der Waals surface area (Å²) in [6, 6.07) is 6.64. The first-order valence-electron chi connectivity index (χ1n) is 10.1. The van der Waals surface area contributed by atoms with E-state index in [0.29, 0.717) is 28.3 Å². The summed E-state index contributed by atoms with van der Waals surface area (Å²) in [5.41, 5.74) is 5.89. The number of carboxylic acid groups (broad SMARTS) is 1. The van der Waals surface area contributed by atoms with Gasteiger partial charge < -0.3 is 25.2 Å². The minimum Gasteiger partial charge on any atom is -0.480 e. The molecule has 14 heteroatoms. The van der Waals surface area contributed by atoms with Gasteiger partial charge in [0.05, 0.1) is 19.0 Å². The van der Waals surface area contributed by atoms with Crippen LogP contribution >= 0.6 is 31.3 Å². The topological polar surface area (TPSA) is 157 Å². The average molecular weight is 526 g/mol. The van der Waals surface area contributed by atoms with Crippen molar-refractivity contribution < 1.29 is 19.2 Å². The first-order valence-corrected chi connectivity index (χ1v) is 12.8. The summed E-state index contributed by atoms with van der Waals surface area (Å²) in [6.45, 7) is 4.91. The van der Waals surface area contributed by atoms with Crippen molar-refractivity contribution in [3.05, 3.63) is 47.5 Å². The minimum absolute atomic E-state index is 0.165. The van der Waals surface area contributed by atoms with E-state index in [0.717, 1.165) is 0 Å². The van der Waals surface area contributed by atoms with Gasteiger partial charge in [-0.1, -0.05) is 36.0 Å². The Bertz CT molecular complexity index is 1250. The molecule has 2 atom stereocenters. The van der Waals surface area contributed by atoms with Crippen LogP contribution in [0.1, 0.15) is 26.3 Å². The lowest BCUT2D eigenvalue weighted by molar-refractivity contribution is -0.142. The summed E-state index contributed by atoms with van der Waals surface area (Å²) in [7, 11) is -3.68. The highest BCUT2D eigenvalue weighted by Crippen LogP contribution is 2.40. The van der Waals surface area contributed by atoms with Crippen molar-refractivity contribution in [1.82, 2.24) is 29.7 Å². The third-order valence-corrected chi connectivity index (χ3v) is 7.57. The summed E-state index contributed by atoms with van der Waals surface area (Å²) in [5.74, 6) is -0.913. The van der Waals surface area contributed by atoms with Crippen LogP contribution in [0.25, 0.3) is 11.2 Å². The molecule has 0 spiro atoms. The van der Waals surface area contributed by atoms with E-state index in [2.05, 4.69) is 25.1 Å². The molecule has 3 rings (SSSR count). The number of halogens is 1. The molecule has 2 heterocycles. The molecular formula is C20H25ClN7O4PS. The molecule has 5 N–H and O–H groups in total. The lowest BCUT2D eigenvalue weighted by atomic mass is 10.1. The molecule has 0 amide bonds. The fourth-order valence-corrected chi connectivity index (χ4v) is 5.83. The first-order chi connectivity index (χ1) is 15.9. The zero-order chi connectivity index (χ0) is 25.1. The van der Waals surface area contributed by atoms with Gasteiger partial charge in [-0.05, 0) is 32.9 Å². The van der Waals surface area contributed by atoms with E-state index < -0.39 is 25.1 Å². The molecule has 0 fully saturated rings. The Balaban J connectivity index is 1.75. The van der Waals surface area contributed by atoms with E-state index in [1.807, 2.05) is 0 Å². The normalized spacial score (nSPS) is 14.5. The molecule has 0 aliphatic heterocycles. The molecule has 0 aliphatic rings. The number of nitrogens with one attached hydrogen (secondary N) is 2. The van der Waals surface area contributed by atoms with Crippen LogP contribution in [-0.4, -0.2) is 53.6 Å². The van der Waals surface area contributed by atoms with E-state index in [1.165, 1.54) is 20.2 Å². The fourth-order valence-electron chi connectivity index (χ4n) is 3.02. The van der Waals surface area contributed by atoms with Gasteiger partial charge in [-0.15, -0.1) is 0 Å². The Hall–Kier alpha value is -2.63. The van der Waals surface area contributed by atoms with Gasteiger partial charge in [-0.25, -0.2) is 20.0 Å². The summed E-state index contributed by atoms with van der Waals surface area (Å²) in [6.07, 6.45) is 2.13. The van der Waals surface area contributed by atoms with Crippen molar-refractivity contribution in [2.75, 3.05) is 12.1 Å². The van der Waals surface area contributed by atoms with Crippen molar-refractivity contribution in [3.63, 3.8) is 0 Å². The highest BCUT2D eigenvalue weighted by atomic mass is 35.5. The first kappa shape index (κ1) is 26.0. The van der Waals surface area contributed by atoms with Crippen LogP contribution in [0.2, 0.25) is 5.02 Å². The van der Waals surface area contributed by atoms with Crippen molar-refractivity contribution in [1.29, 1.82) is 0 Å². The van der Waals surface area contributed by atoms with E-state index in [1.54, 1.807) is 42.1 Å². The van der Waals surface area contributed by atoms with E-state index in [9.17, 15) is 14.5 Å². The molecule has 0 radical (unpaired) electrons. The summed E-state index contributed by atoms with van der Waals surface area (Å²) in [4.78, 5) is 24.1. The third-order valence-electron chi connectivity index (χ3n) is 4.81. The van der Waals surface area contributed by atoms with Crippen LogP contribution in [-0.2, 0) is 20.6 Å². The number of carbonyl (C=O) groups is 1. The molecule has 2 aromatic heterocycles. The number of hydrogen-bond acceptors (Lipinski definition) is 8. The van der Waals surface area contributed by atoms with Crippen molar-refractivity contribution in [3.8, 4) is 0 Å². The Kier molecular flexibility index (Phi) is 7.89.